The molecule has 256 valence electrons. The fraction of sp³-hybridized carbons (Fsp3) is 0.0385. The third kappa shape index (κ3) is 5.18. The zero-order valence-electron chi connectivity index (χ0n) is 30.3. The van der Waals surface area contributed by atoms with Crippen molar-refractivity contribution in [1.29, 1.82) is 0 Å². The van der Waals surface area contributed by atoms with Crippen LogP contribution in [0.5, 0.6) is 0 Å². The Kier molecular flexibility index (Phi) is 7.63. The Morgan fingerprint density at radius 2 is 1.00 bits per heavy atom. The molecule has 0 aliphatic rings. The number of hydrogen-bond donors (Lipinski definition) is 0. The average molecular weight is 692 g/mol. The van der Waals surface area contributed by atoms with Gasteiger partial charge in [0.15, 0.2) is 0 Å². The van der Waals surface area contributed by atoms with Gasteiger partial charge in [0.1, 0.15) is 11.2 Å². The van der Waals surface area contributed by atoms with Crippen molar-refractivity contribution in [3.05, 3.63) is 199 Å². The first-order valence-corrected chi connectivity index (χ1v) is 18.6. The molecule has 0 atom stereocenters. The van der Waals surface area contributed by atoms with Crippen LogP contribution in [0.1, 0.15) is 18.1 Å². The molecule has 0 aliphatic carbocycles. The van der Waals surface area contributed by atoms with Crippen molar-refractivity contribution in [2.75, 3.05) is 4.90 Å². The Hall–Kier alpha value is -6.90. The lowest BCUT2D eigenvalue weighted by atomic mass is 9.85. The summed E-state index contributed by atoms with van der Waals surface area (Å²) in [6, 6.07) is 65.7. The zero-order chi connectivity index (χ0) is 36.2. The maximum atomic E-state index is 6.40. The number of aryl methyl sites for hydroxylation is 1. The van der Waals surface area contributed by atoms with Crippen LogP contribution in [0.3, 0.4) is 0 Å². The van der Waals surface area contributed by atoms with Gasteiger partial charge in [0.05, 0.1) is 0 Å². The second-order valence-corrected chi connectivity index (χ2v) is 14.1. The molecule has 10 rings (SSSR count). The zero-order valence-corrected chi connectivity index (χ0v) is 30.3. The van der Waals surface area contributed by atoms with Crippen molar-refractivity contribution >= 4 is 71.3 Å². The third-order valence-electron chi connectivity index (χ3n) is 10.9. The fourth-order valence-electron chi connectivity index (χ4n) is 8.40. The van der Waals surface area contributed by atoms with E-state index >= 15 is 0 Å². The highest BCUT2D eigenvalue weighted by Gasteiger charge is 2.20. The number of hydrogen-bond acceptors (Lipinski definition) is 2. The van der Waals surface area contributed by atoms with Gasteiger partial charge < -0.3 is 9.32 Å². The molecule has 0 amide bonds. The average Bonchev–Trinajstić information content (AvgIpc) is 3.58. The van der Waals surface area contributed by atoms with Gasteiger partial charge in [-0.05, 0) is 122 Å². The maximum absolute atomic E-state index is 6.40. The topological polar surface area (TPSA) is 16.4 Å². The highest BCUT2D eigenvalue weighted by Crippen LogP contribution is 2.45. The summed E-state index contributed by atoms with van der Waals surface area (Å²) in [4.78, 5) is 2.37. The first kappa shape index (κ1) is 31.8. The molecule has 0 radical (unpaired) electrons. The lowest BCUT2D eigenvalue weighted by Gasteiger charge is -2.29. The number of furan rings is 1. The highest BCUT2D eigenvalue weighted by atomic mass is 16.3. The van der Waals surface area contributed by atoms with Crippen LogP contribution in [-0.4, -0.2) is 0 Å². The molecule has 1 aromatic heterocycles. The van der Waals surface area contributed by atoms with Gasteiger partial charge in [-0.1, -0.05) is 146 Å². The van der Waals surface area contributed by atoms with Crippen molar-refractivity contribution < 1.29 is 4.42 Å². The summed E-state index contributed by atoms with van der Waals surface area (Å²) >= 11 is 0. The molecular formula is C52H37NO. The van der Waals surface area contributed by atoms with E-state index < -0.39 is 0 Å². The van der Waals surface area contributed by atoms with E-state index in [4.69, 9.17) is 4.42 Å². The summed E-state index contributed by atoms with van der Waals surface area (Å²) in [5, 5.41) is 9.62. The van der Waals surface area contributed by atoms with E-state index in [1.165, 1.54) is 65.8 Å². The Bertz CT molecular complexity index is 3000. The number of anilines is 2. The smallest absolute Gasteiger partial charge is 0.136 e. The first-order valence-electron chi connectivity index (χ1n) is 18.6. The Labute approximate surface area is 314 Å². The minimum atomic E-state index is 0.906. The second kappa shape index (κ2) is 12.9. The number of fused-ring (bicyclic) bond motifs is 6. The van der Waals surface area contributed by atoms with Gasteiger partial charge in [-0.25, -0.2) is 0 Å². The fourth-order valence-corrected chi connectivity index (χ4v) is 8.40. The minimum Gasteiger partial charge on any atom is -0.456 e. The van der Waals surface area contributed by atoms with Crippen molar-refractivity contribution in [2.45, 2.75) is 13.8 Å². The molecule has 2 heteroatoms. The van der Waals surface area contributed by atoms with Gasteiger partial charge in [-0.15, -0.1) is 0 Å². The van der Waals surface area contributed by atoms with Crippen molar-refractivity contribution in [1.82, 2.24) is 0 Å². The van der Waals surface area contributed by atoms with Crippen LogP contribution in [0.25, 0.3) is 82.2 Å². The molecular weight excluding hydrogens is 655 g/mol. The molecule has 1 heterocycles. The number of allylic oxidation sites excluding steroid dienone is 1. The lowest BCUT2D eigenvalue weighted by Crippen LogP contribution is -2.16. The van der Waals surface area contributed by atoms with E-state index in [1.807, 2.05) is 0 Å². The third-order valence-corrected chi connectivity index (χ3v) is 10.9. The van der Waals surface area contributed by atoms with Crippen LogP contribution in [0.15, 0.2) is 192 Å². The van der Waals surface area contributed by atoms with Crippen LogP contribution >= 0.6 is 0 Å². The molecule has 0 saturated carbocycles. The molecule has 9 aromatic carbocycles. The molecule has 10 aromatic rings. The van der Waals surface area contributed by atoms with E-state index in [0.29, 0.717) is 0 Å². The maximum Gasteiger partial charge on any atom is 0.136 e. The van der Waals surface area contributed by atoms with Crippen LogP contribution in [0.4, 0.5) is 11.4 Å². The molecule has 0 unspecified atom stereocenters. The van der Waals surface area contributed by atoms with Gasteiger partial charge in [-0.2, -0.15) is 0 Å². The number of nitrogens with zero attached hydrogens (tertiary/aromatic N) is 1. The molecule has 0 bridgehead atoms. The van der Waals surface area contributed by atoms with Crippen LogP contribution in [0, 0.1) is 6.92 Å². The van der Waals surface area contributed by atoms with Gasteiger partial charge in [0, 0.05) is 27.8 Å². The molecule has 0 aliphatic heterocycles. The van der Waals surface area contributed by atoms with E-state index in [-0.39, 0.29) is 0 Å². The van der Waals surface area contributed by atoms with Crippen LogP contribution in [-0.2, 0) is 0 Å². The van der Waals surface area contributed by atoms with Crippen LogP contribution < -0.4 is 4.90 Å². The lowest BCUT2D eigenvalue weighted by molar-refractivity contribution is 0.669. The monoisotopic (exact) mass is 691 g/mol. The Morgan fingerprint density at radius 1 is 0.463 bits per heavy atom. The summed E-state index contributed by atoms with van der Waals surface area (Å²) in [5.74, 6) is 0. The van der Waals surface area contributed by atoms with Crippen molar-refractivity contribution in [3.8, 4) is 22.3 Å². The standard InChI is InChI=1S/C52H37NO/c1-3-47(53(40-18-5-4-6-19-40)48-24-14-7-15-34(48)2)35-25-27-36(28-26-35)51-41-20-10-12-22-43(41)52(44-23-13-11-21-42(44)51)39-29-30-49-45(32-39)46-31-37-16-8-9-17-38(37)33-50(46)54-49/h3-33H,1-2H3/b47-3-. The summed E-state index contributed by atoms with van der Waals surface area (Å²) in [6.07, 6.45) is 2.22. The van der Waals surface area contributed by atoms with E-state index in [2.05, 4.69) is 207 Å². The summed E-state index contributed by atoms with van der Waals surface area (Å²) in [7, 11) is 0. The minimum absolute atomic E-state index is 0.906. The number of benzene rings is 9. The molecule has 0 spiro atoms. The van der Waals surface area contributed by atoms with Gasteiger partial charge >= 0.3 is 0 Å². The first-order chi connectivity index (χ1) is 26.7. The van der Waals surface area contributed by atoms with Crippen molar-refractivity contribution in [2.24, 2.45) is 0 Å². The predicted octanol–water partition coefficient (Wildman–Crippen LogP) is 14.9. The van der Waals surface area contributed by atoms with Crippen molar-refractivity contribution in [3.63, 3.8) is 0 Å². The number of para-hydroxylation sites is 2. The quantitative estimate of drug-likeness (QED) is 0.161. The summed E-state index contributed by atoms with van der Waals surface area (Å²) in [6.45, 7) is 4.31. The molecule has 2 nitrogen and oxygen atoms in total. The predicted molar refractivity (Wildman–Crippen MR) is 231 cm³/mol. The largest absolute Gasteiger partial charge is 0.456 e. The van der Waals surface area contributed by atoms with Gasteiger partial charge in [0.25, 0.3) is 0 Å². The second-order valence-electron chi connectivity index (χ2n) is 14.1. The molecule has 0 N–H and O–H groups in total. The van der Waals surface area contributed by atoms with E-state index in [1.54, 1.807) is 0 Å². The van der Waals surface area contributed by atoms with E-state index in [9.17, 15) is 0 Å². The Morgan fingerprint density at radius 3 is 1.65 bits per heavy atom. The molecule has 0 fully saturated rings. The van der Waals surface area contributed by atoms with Crippen LogP contribution in [0.2, 0.25) is 0 Å². The summed E-state index contributed by atoms with van der Waals surface area (Å²) < 4.78 is 6.40. The molecule has 0 saturated heterocycles. The van der Waals surface area contributed by atoms with Gasteiger partial charge in [-0.3, -0.25) is 0 Å². The number of rotatable bonds is 6. The molecule has 54 heavy (non-hydrogen) atoms. The summed E-state index contributed by atoms with van der Waals surface area (Å²) in [5.41, 5.74) is 12.5. The SMILES string of the molecule is C/C=C(/c1ccc(-c2c3ccccc3c(-c3ccc4oc5cc6ccccc6cc5c4c3)c3ccccc23)cc1)N(c1ccccc1)c1ccccc1C. The van der Waals surface area contributed by atoms with E-state index in [0.717, 1.165) is 38.9 Å². The van der Waals surface area contributed by atoms with Gasteiger partial charge in [0.2, 0.25) is 0 Å². The Balaban J connectivity index is 1.13. The normalized spacial score (nSPS) is 12.0. The highest BCUT2D eigenvalue weighted by molar-refractivity contribution is 6.22.